The summed E-state index contributed by atoms with van der Waals surface area (Å²) in [5.74, 6) is -3.21. The lowest BCUT2D eigenvalue weighted by atomic mass is 9.84. The second-order valence-corrected chi connectivity index (χ2v) is 18.3. The molecule has 332 valence electrons. The number of β-lactam (4-membered cyclic amide) rings is 1. The number of hydrogen-bond acceptors (Lipinski definition) is 16. The van der Waals surface area contributed by atoms with Crippen molar-refractivity contribution in [2.24, 2.45) is 5.16 Å². The quantitative estimate of drug-likeness (QED) is 0.0478. The summed E-state index contributed by atoms with van der Waals surface area (Å²) in [5, 5.41) is 27.7. The highest BCUT2D eigenvalue weighted by Gasteiger charge is 2.58. The summed E-state index contributed by atoms with van der Waals surface area (Å²) >= 11 is 0.870. The first-order valence-electron chi connectivity index (χ1n) is 18.8. The van der Waals surface area contributed by atoms with Gasteiger partial charge in [-0.3, -0.25) is 24.1 Å². The number of oxime groups is 1. The number of nitrogens with zero attached hydrogens (tertiary/aromatic N) is 5. The van der Waals surface area contributed by atoms with Gasteiger partial charge in [-0.05, 0) is 97.9 Å². The molecule has 2 aliphatic heterocycles. The number of aromatic nitrogens is 3. The van der Waals surface area contributed by atoms with Crippen LogP contribution in [0.5, 0.6) is 5.75 Å². The summed E-state index contributed by atoms with van der Waals surface area (Å²) < 4.78 is 54.4. The van der Waals surface area contributed by atoms with Gasteiger partial charge < -0.3 is 34.8 Å². The first-order valence-corrected chi connectivity index (χ1v) is 21.1. The van der Waals surface area contributed by atoms with Crippen molar-refractivity contribution in [1.29, 1.82) is 0 Å². The number of amides is 4. The van der Waals surface area contributed by atoms with Crippen molar-refractivity contribution >= 4 is 62.5 Å². The molecule has 1 saturated heterocycles. The highest BCUT2D eigenvalue weighted by atomic mass is 32.3. The molecule has 61 heavy (non-hydrogen) atoms. The van der Waals surface area contributed by atoms with Crippen LogP contribution < -0.4 is 20.7 Å². The lowest BCUT2D eigenvalue weighted by Gasteiger charge is -2.50. The first-order chi connectivity index (χ1) is 28.3. The molecule has 0 saturated carbocycles. The number of benzene rings is 1. The lowest BCUT2D eigenvalue weighted by molar-refractivity contribution is -0.218. The fourth-order valence-electron chi connectivity index (χ4n) is 6.02. The van der Waals surface area contributed by atoms with E-state index in [2.05, 4.69) is 35.5 Å². The monoisotopic (exact) mass is 892 g/mol. The lowest BCUT2D eigenvalue weighted by Crippen LogP contribution is -2.76. The normalized spacial score (nSPS) is 18.1. The van der Waals surface area contributed by atoms with Crippen LogP contribution in [0.1, 0.15) is 79.5 Å². The summed E-state index contributed by atoms with van der Waals surface area (Å²) in [4.78, 5) is 73.1. The third-order valence-electron chi connectivity index (χ3n) is 8.77. The number of hydrogen-bond donors (Lipinski definition) is 5. The van der Waals surface area contributed by atoms with Crippen LogP contribution in [0, 0.1) is 0 Å². The van der Waals surface area contributed by atoms with Crippen molar-refractivity contribution in [3.63, 3.8) is 0 Å². The van der Waals surface area contributed by atoms with Gasteiger partial charge in [-0.25, -0.2) is 19.4 Å². The number of hydroxylamine groups is 2. The molecule has 2 aromatic heterocycles. The fraction of sp³-hybridized carbons (Fsp3) is 0.514. The van der Waals surface area contributed by atoms with Crippen molar-refractivity contribution in [1.82, 2.24) is 30.5 Å². The molecule has 5 rings (SSSR count). The molecule has 0 bridgehead atoms. The van der Waals surface area contributed by atoms with Gasteiger partial charge in [0.15, 0.2) is 10.8 Å². The van der Waals surface area contributed by atoms with Gasteiger partial charge in [0.05, 0.1) is 11.7 Å². The second-order valence-electron chi connectivity index (χ2n) is 16.5. The van der Waals surface area contributed by atoms with Gasteiger partial charge in [-0.15, -0.1) is 15.6 Å². The van der Waals surface area contributed by atoms with Crippen LogP contribution in [0.3, 0.4) is 0 Å². The molecule has 22 nitrogen and oxygen atoms in total. The van der Waals surface area contributed by atoms with E-state index in [1.165, 1.54) is 19.2 Å². The zero-order chi connectivity index (χ0) is 45.1. The van der Waals surface area contributed by atoms with Gasteiger partial charge in [0.2, 0.25) is 0 Å². The number of rotatable bonds is 15. The predicted molar refractivity (Wildman–Crippen MR) is 216 cm³/mol. The van der Waals surface area contributed by atoms with Crippen molar-refractivity contribution < 1.29 is 65.4 Å². The zero-order valence-corrected chi connectivity index (χ0v) is 36.2. The third-order valence-corrected chi connectivity index (χ3v) is 9.86. The standard InChI is InChI=1S/C37H48N8O14S2/c1-35(2,3)56-33(50)38-14-9-15-44-18-22(17-39-44)20-10-12-24-21(16-20)11-13-25(55-24)27(31(48)49)58-43-26(23-19-60-32(40-23)42-34(51)57-36(4,5)6)29(46)41-28-30(47)45(37(28,7)8)59-61(52,53)54/h10,12,16-19,25,27-28H,9,11,13-15H2,1-8H3,(H,38,50)(H,41,46)(H,48,49)(H,40,42,51)(H,52,53,54)/b43-26-/t25-,27?,28-/m1/s1. The number of carboxylic acids is 1. The number of thiazole rings is 1. The minimum Gasteiger partial charge on any atom is -0.485 e. The second kappa shape index (κ2) is 18.0. The molecule has 3 aromatic rings. The van der Waals surface area contributed by atoms with E-state index < -0.39 is 81.1 Å². The average molecular weight is 893 g/mol. The summed E-state index contributed by atoms with van der Waals surface area (Å²) in [6.07, 6.45) is 0.567. The van der Waals surface area contributed by atoms with Crippen LogP contribution in [0.15, 0.2) is 41.1 Å². The molecule has 0 radical (unpaired) electrons. The van der Waals surface area contributed by atoms with Crippen molar-refractivity contribution in [2.45, 2.75) is 116 Å². The maximum atomic E-state index is 13.7. The average Bonchev–Trinajstić information content (AvgIpc) is 3.80. The summed E-state index contributed by atoms with van der Waals surface area (Å²) in [6.45, 7) is 13.9. The molecule has 1 aromatic carbocycles. The number of alkyl carbamates (subject to hydrolysis) is 1. The molecule has 0 spiro atoms. The highest BCUT2D eigenvalue weighted by molar-refractivity contribution is 7.80. The number of fused-ring (bicyclic) bond motifs is 1. The Balaban J connectivity index is 1.29. The minimum absolute atomic E-state index is 0.0288. The number of anilines is 1. The summed E-state index contributed by atoms with van der Waals surface area (Å²) in [7, 11) is -5.09. The molecule has 1 unspecified atom stereocenters. The van der Waals surface area contributed by atoms with E-state index in [1.807, 2.05) is 12.3 Å². The van der Waals surface area contributed by atoms with Gasteiger partial charge >= 0.3 is 28.6 Å². The van der Waals surface area contributed by atoms with E-state index in [4.69, 9.17) is 23.6 Å². The molecular weight excluding hydrogens is 845 g/mol. The Morgan fingerprint density at radius 3 is 2.41 bits per heavy atom. The van der Waals surface area contributed by atoms with Crippen LogP contribution in [0.4, 0.5) is 14.7 Å². The topological polar surface area (TPSA) is 288 Å². The Kier molecular flexibility index (Phi) is 13.6. The van der Waals surface area contributed by atoms with Crippen molar-refractivity contribution in [2.75, 3.05) is 11.9 Å². The number of nitrogens with one attached hydrogen (secondary N) is 3. The van der Waals surface area contributed by atoms with E-state index in [-0.39, 0.29) is 17.2 Å². The Labute approximate surface area is 354 Å². The Bertz CT molecular complexity index is 2290. The van der Waals surface area contributed by atoms with Gasteiger partial charge in [-0.1, -0.05) is 11.2 Å². The molecule has 2 aliphatic rings. The number of aliphatic carboxylic acids is 1. The van der Waals surface area contributed by atoms with Crippen LogP contribution >= 0.6 is 11.3 Å². The summed E-state index contributed by atoms with van der Waals surface area (Å²) in [5.41, 5.74) is -1.28. The molecule has 3 atom stereocenters. The van der Waals surface area contributed by atoms with E-state index in [9.17, 15) is 37.5 Å². The Morgan fingerprint density at radius 2 is 1.77 bits per heavy atom. The minimum atomic E-state index is -5.09. The van der Waals surface area contributed by atoms with E-state index in [1.54, 1.807) is 64.6 Å². The molecular formula is C37H48N8O14S2. The van der Waals surface area contributed by atoms with Crippen LogP contribution in [0.2, 0.25) is 0 Å². The zero-order valence-electron chi connectivity index (χ0n) is 34.6. The Morgan fingerprint density at radius 1 is 1.08 bits per heavy atom. The SMILES string of the molecule is CC(C)(C)OC(=O)NCCCn1cc(-c2ccc3c(c2)CC[C@H](C(O/N=C(\C(=O)N[C@@H]2C(=O)N(OS(=O)(=O)O)C2(C)C)c2csc(NC(=O)OC(C)(C)C)n2)C(=O)O)O3)cn1. The number of carboxylic acid groups (broad SMARTS) is 1. The number of carbonyl (C=O) groups excluding carboxylic acids is 4. The van der Waals surface area contributed by atoms with Crippen LogP contribution in [0.25, 0.3) is 11.1 Å². The maximum Gasteiger partial charge on any atom is 0.418 e. The Hall–Kier alpha value is -5.85. The third kappa shape index (κ3) is 12.4. The van der Waals surface area contributed by atoms with Crippen molar-refractivity contribution in [3.05, 3.63) is 47.2 Å². The number of ether oxygens (including phenoxy) is 3. The van der Waals surface area contributed by atoms with Gasteiger partial charge in [0.1, 0.15) is 34.8 Å². The van der Waals surface area contributed by atoms with E-state index in [0.29, 0.717) is 36.7 Å². The number of carbonyl (C=O) groups is 5. The fourth-order valence-corrected chi connectivity index (χ4v) is 7.15. The molecule has 0 aliphatic carbocycles. The van der Waals surface area contributed by atoms with Crippen LogP contribution in [-0.4, -0.2) is 115 Å². The molecule has 5 N–H and O–H groups in total. The smallest absolute Gasteiger partial charge is 0.418 e. The van der Waals surface area contributed by atoms with Gasteiger partial charge in [-0.2, -0.15) is 18.6 Å². The largest absolute Gasteiger partial charge is 0.485 e. The van der Waals surface area contributed by atoms with Gasteiger partial charge in [0.25, 0.3) is 17.9 Å². The predicted octanol–water partition coefficient (Wildman–Crippen LogP) is 3.68. The molecule has 4 heterocycles. The van der Waals surface area contributed by atoms with Crippen molar-refractivity contribution in [3.8, 4) is 16.9 Å². The van der Waals surface area contributed by atoms with E-state index >= 15 is 0 Å². The summed E-state index contributed by atoms with van der Waals surface area (Å²) in [6, 6.07) is 3.98. The molecule has 1 fully saturated rings. The maximum absolute atomic E-state index is 13.7. The molecule has 24 heteroatoms. The van der Waals surface area contributed by atoms with E-state index in [0.717, 1.165) is 28.0 Å². The number of aryl methyl sites for hydroxylation is 2. The first kappa shape index (κ1) is 46.2. The molecule has 4 amide bonds. The van der Waals surface area contributed by atoms with Gasteiger partial charge in [0, 0.05) is 30.2 Å². The highest BCUT2D eigenvalue weighted by Crippen LogP contribution is 2.35. The van der Waals surface area contributed by atoms with Crippen LogP contribution in [-0.2, 0) is 56.3 Å².